The number of amides is 1. The number of hydrogen-bond donors (Lipinski definition) is 1. The van der Waals surface area contributed by atoms with E-state index in [1.807, 2.05) is 0 Å². The predicted molar refractivity (Wildman–Crippen MR) is 92.6 cm³/mol. The highest BCUT2D eigenvalue weighted by Crippen LogP contribution is 2.17. The Morgan fingerprint density at radius 3 is 2.36 bits per heavy atom. The highest BCUT2D eigenvalue weighted by Gasteiger charge is 2.20. The topological polar surface area (TPSA) is 85.3 Å². The standard InChI is InChI=1S/C18H27NO6/c1-14(18(22)24-3)13-19(10-11-20)17(21)5-4-12-25-16-8-6-15(23-2)7-9-16/h6-9,14,20H,4-5,10-13H2,1-3H3. The number of nitrogens with zero attached hydrogens (tertiary/aromatic N) is 1. The van der Waals surface area contributed by atoms with Crippen LogP contribution in [0.2, 0.25) is 0 Å². The van der Waals surface area contributed by atoms with Crippen molar-refractivity contribution in [3.63, 3.8) is 0 Å². The minimum absolute atomic E-state index is 0.122. The van der Waals surface area contributed by atoms with Gasteiger partial charge in [0.05, 0.1) is 33.4 Å². The summed E-state index contributed by atoms with van der Waals surface area (Å²) in [6.07, 6.45) is 0.823. The van der Waals surface area contributed by atoms with Gasteiger partial charge in [-0.05, 0) is 30.7 Å². The van der Waals surface area contributed by atoms with Crippen LogP contribution in [0, 0.1) is 5.92 Å². The van der Waals surface area contributed by atoms with Crippen LogP contribution in [0.4, 0.5) is 0 Å². The first kappa shape index (κ1) is 20.8. The van der Waals surface area contributed by atoms with Gasteiger partial charge in [-0.1, -0.05) is 6.92 Å². The van der Waals surface area contributed by atoms with Crippen molar-refractivity contribution in [2.75, 3.05) is 40.5 Å². The number of rotatable bonds is 11. The Bertz CT molecular complexity index is 531. The van der Waals surface area contributed by atoms with Crippen LogP contribution in [0.5, 0.6) is 11.5 Å². The molecule has 7 heteroatoms. The number of hydrogen-bond acceptors (Lipinski definition) is 6. The Hall–Kier alpha value is -2.28. The molecule has 0 heterocycles. The van der Waals surface area contributed by atoms with Gasteiger partial charge in [0.2, 0.25) is 5.91 Å². The number of esters is 1. The fourth-order valence-electron chi connectivity index (χ4n) is 2.29. The Morgan fingerprint density at radius 1 is 1.16 bits per heavy atom. The maximum atomic E-state index is 12.3. The molecule has 1 amide bonds. The predicted octanol–water partition coefficient (Wildman–Crippen LogP) is 1.48. The average molecular weight is 353 g/mol. The van der Waals surface area contributed by atoms with Gasteiger partial charge in [-0.15, -0.1) is 0 Å². The van der Waals surface area contributed by atoms with E-state index >= 15 is 0 Å². The molecule has 1 aromatic rings. The zero-order valence-corrected chi connectivity index (χ0v) is 15.1. The number of carbonyl (C=O) groups is 2. The zero-order chi connectivity index (χ0) is 18.7. The van der Waals surface area contributed by atoms with E-state index in [4.69, 9.17) is 14.6 Å². The number of aliphatic hydroxyl groups is 1. The van der Waals surface area contributed by atoms with Gasteiger partial charge in [-0.2, -0.15) is 0 Å². The van der Waals surface area contributed by atoms with E-state index in [-0.39, 0.29) is 38.0 Å². The van der Waals surface area contributed by atoms with Crippen LogP contribution in [0.3, 0.4) is 0 Å². The number of carbonyl (C=O) groups excluding carboxylic acids is 2. The molecule has 25 heavy (non-hydrogen) atoms. The van der Waals surface area contributed by atoms with E-state index in [1.165, 1.54) is 12.0 Å². The molecule has 1 rings (SSSR count). The number of methoxy groups -OCH3 is 2. The monoisotopic (exact) mass is 353 g/mol. The lowest BCUT2D eigenvalue weighted by Crippen LogP contribution is -2.39. The quantitative estimate of drug-likeness (QED) is 0.479. The summed E-state index contributed by atoms with van der Waals surface area (Å²) in [6, 6.07) is 7.21. The van der Waals surface area contributed by atoms with Gasteiger partial charge < -0.3 is 24.2 Å². The van der Waals surface area contributed by atoms with Crippen molar-refractivity contribution >= 4 is 11.9 Å². The molecule has 0 radical (unpaired) electrons. The molecule has 1 unspecified atom stereocenters. The second-order valence-corrected chi connectivity index (χ2v) is 5.62. The fraction of sp³-hybridized carbons (Fsp3) is 0.556. The summed E-state index contributed by atoms with van der Waals surface area (Å²) in [5.41, 5.74) is 0. The molecule has 0 aliphatic rings. The second kappa shape index (κ2) is 11.3. The van der Waals surface area contributed by atoms with Crippen LogP contribution < -0.4 is 9.47 Å². The Morgan fingerprint density at radius 2 is 1.80 bits per heavy atom. The summed E-state index contributed by atoms with van der Waals surface area (Å²) in [6.45, 7) is 2.36. The molecule has 0 saturated carbocycles. The van der Waals surface area contributed by atoms with E-state index in [2.05, 4.69) is 4.74 Å². The Kier molecular flexibility index (Phi) is 9.39. The number of benzene rings is 1. The molecule has 7 nitrogen and oxygen atoms in total. The van der Waals surface area contributed by atoms with E-state index in [0.29, 0.717) is 18.8 Å². The van der Waals surface area contributed by atoms with Crippen molar-refractivity contribution in [3.05, 3.63) is 24.3 Å². The smallest absolute Gasteiger partial charge is 0.310 e. The molecular weight excluding hydrogens is 326 g/mol. The van der Waals surface area contributed by atoms with Gasteiger partial charge in [-0.3, -0.25) is 9.59 Å². The average Bonchev–Trinajstić information content (AvgIpc) is 2.64. The van der Waals surface area contributed by atoms with Crippen LogP contribution >= 0.6 is 0 Å². The molecule has 0 aliphatic carbocycles. The summed E-state index contributed by atoms with van der Waals surface area (Å²) in [5, 5.41) is 9.11. The van der Waals surface area contributed by atoms with Crippen molar-refractivity contribution in [1.29, 1.82) is 0 Å². The molecule has 0 spiro atoms. The van der Waals surface area contributed by atoms with Crippen LogP contribution in [-0.2, 0) is 14.3 Å². The molecule has 0 aromatic heterocycles. The molecule has 140 valence electrons. The normalized spacial score (nSPS) is 11.5. The van der Waals surface area contributed by atoms with Crippen molar-refractivity contribution in [3.8, 4) is 11.5 Å². The first-order valence-electron chi connectivity index (χ1n) is 8.25. The third kappa shape index (κ3) is 7.43. The summed E-state index contributed by atoms with van der Waals surface area (Å²) >= 11 is 0. The first-order valence-corrected chi connectivity index (χ1v) is 8.25. The van der Waals surface area contributed by atoms with E-state index in [1.54, 1.807) is 38.3 Å². The van der Waals surface area contributed by atoms with Crippen LogP contribution in [0.15, 0.2) is 24.3 Å². The van der Waals surface area contributed by atoms with Crippen molar-refractivity contribution < 1.29 is 28.9 Å². The first-order chi connectivity index (χ1) is 12.0. The Balaban J connectivity index is 2.39. The highest BCUT2D eigenvalue weighted by atomic mass is 16.5. The van der Waals surface area contributed by atoms with E-state index < -0.39 is 5.92 Å². The van der Waals surface area contributed by atoms with Crippen LogP contribution in [0.1, 0.15) is 19.8 Å². The third-order valence-electron chi connectivity index (χ3n) is 3.68. The minimum atomic E-state index is -0.434. The Labute approximate surface area is 148 Å². The SMILES string of the molecule is COC(=O)C(C)CN(CCO)C(=O)CCCOc1ccc(OC)cc1. The number of ether oxygens (including phenoxy) is 3. The fourth-order valence-corrected chi connectivity index (χ4v) is 2.29. The van der Waals surface area contributed by atoms with Crippen molar-refractivity contribution in [1.82, 2.24) is 4.90 Å². The summed E-state index contributed by atoms with van der Waals surface area (Å²) in [7, 11) is 2.91. The largest absolute Gasteiger partial charge is 0.497 e. The summed E-state index contributed by atoms with van der Waals surface area (Å²) in [4.78, 5) is 25.2. The molecule has 1 atom stereocenters. The van der Waals surface area contributed by atoms with Gasteiger partial charge in [0.15, 0.2) is 0 Å². The van der Waals surface area contributed by atoms with Crippen molar-refractivity contribution in [2.45, 2.75) is 19.8 Å². The summed E-state index contributed by atoms with van der Waals surface area (Å²) < 4.78 is 15.3. The van der Waals surface area contributed by atoms with Gasteiger partial charge in [0.1, 0.15) is 11.5 Å². The molecule has 0 aliphatic heterocycles. The minimum Gasteiger partial charge on any atom is -0.497 e. The van der Waals surface area contributed by atoms with Crippen LogP contribution in [0.25, 0.3) is 0 Å². The van der Waals surface area contributed by atoms with E-state index in [9.17, 15) is 9.59 Å². The molecule has 1 aromatic carbocycles. The van der Waals surface area contributed by atoms with E-state index in [0.717, 1.165) is 5.75 Å². The molecular formula is C18H27NO6. The molecule has 0 bridgehead atoms. The van der Waals surface area contributed by atoms with Crippen LogP contribution in [-0.4, -0.2) is 62.4 Å². The maximum Gasteiger partial charge on any atom is 0.310 e. The zero-order valence-electron chi connectivity index (χ0n) is 15.1. The lowest BCUT2D eigenvalue weighted by molar-refractivity contribution is -0.146. The third-order valence-corrected chi connectivity index (χ3v) is 3.68. The highest BCUT2D eigenvalue weighted by molar-refractivity contribution is 5.78. The van der Waals surface area contributed by atoms with Gasteiger partial charge >= 0.3 is 5.97 Å². The lowest BCUT2D eigenvalue weighted by atomic mass is 10.1. The summed E-state index contributed by atoms with van der Waals surface area (Å²) in [5.74, 6) is 0.527. The van der Waals surface area contributed by atoms with Gasteiger partial charge in [0, 0.05) is 19.5 Å². The second-order valence-electron chi connectivity index (χ2n) is 5.62. The maximum absolute atomic E-state index is 12.3. The molecule has 0 fully saturated rings. The lowest BCUT2D eigenvalue weighted by Gasteiger charge is -2.24. The molecule has 1 N–H and O–H groups in total. The number of aliphatic hydroxyl groups excluding tert-OH is 1. The van der Waals surface area contributed by atoms with Gasteiger partial charge in [-0.25, -0.2) is 0 Å². The van der Waals surface area contributed by atoms with Crippen molar-refractivity contribution in [2.24, 2.45) is 5.92 Å². The molecule has 0 saturated heterocycles. The van der Waals surface area contributed by atoms with Gasteiger partial charge in [0.25, 0.3) is 0 Å².